The topological polar surface area (TPSA) is 24.6 Å². The van der Waals surface area contributed by atoms with Crippen molar-refractivity contribution in [1.82, 2.24) is 0 Å². The molecule has 0 saturated carbocycles. The third kappa shape index (κ3) is 8.17. The van der Waals surface area contributed by atoms with Gasteiger partial charge in [0.05, 0.1) is 0 Å². The van der Waals surface area contributed by atoms with E-state index in [4.69, 9.17) is 0 Å². The minimum absolute atomic E-state index is 0. The molecule has 4 heteroatoms. The normalized spacial score (nSPS) is 9.04. The quantitative estimate of drug-likeness (QED) is 0.324. The first-order valence-electron chi connectivity index (χ1n) is 7.41. The van der Waals surface area contributed by atoms with Gasteiger partial charge in [-0.25, -0.2) is 0 Å². The first kappa shape index (κ1) is 20.9. The smallest absolute Gasteiger partial charge is 0.186 e. The van der Waals surface area contributed by atoms with Crippen LogP contribution in [0.2, 0.25) is 0 Å². The van der Waals surface area contributed by atoms with E-state index >= 15 is 0 Å². The van der Waals surface area contributed by atoms with Crippen molar-refractivity contribution in [2.75, 3.05) is 20.7 Å². The van der Waals surface area contributed by atoms with Crippen molar-refractivity contribution in [2.45, 2.75) is 12.8 Å². The summed E-state index contributed by atoms with van der Waals surface area (Å²) in [6.45, 7) is 6.45. The summed E-state index contributed by atoms with van der Waals surface area (Å²) in [4.78, 5) is 4.65. The van der Waals surface area contributed by atoms with E-state index in [1.807, 2.05) is 39.2 Å². The van der Waals surface area contributed by atoms with Gasteiger partial charge >= 0.3 is 0 Å². The molecule has 3 nitrogen and oxygen atoms in total. The fourth-order valence-corrected chi connectivity index (χ4v) is 1.96. The maximum Gasteiger partial charge on any atom is 0.186 e. The number of halogens is 1. The minimum atomic E-state index is 0. The van der Waals surface area contributed by atoms with Gasteiger partial charge in [-0.05, 0) is 18.1 Å². The molecular formula is C19H26ClN2O+. The Morgan fingerprint density at radius 2 is 1.43 bits per heavy atom. The van der Waals surface area contributed by atoms with Crippen LogP contribution in [0.1, 0.15) is 24.0 Å². The Morgan fingerprint density at radius 1 is 1.00 bits per heavy atom. The van der Waals surface area contributed by atoms with Gasteiger partial charge in [0.2, 0.25) is 0 Å². The molecule has 0 aliphatic rings. The van der Waals surface area contributed by atoms with Gasteiger partial charge in [-0.1, -0.05) is 71.4 Å². The van der Waals surface area contributed by atoms with E-state index in [-0.39, 0.29) is 12.4 Å². The van der Waals surface area contributed by atoms with E-state index in [0.29, 0.717) is 12.5 Å². The molecule has 0 heterocycles. The van der Waals surface area contributed by atoms with Crippen LogP contribution in [0.3, 0.4) is 0 Å². The Labute approximate surface area is 145 Å². The van der Waals surface area contributed by atoms with E-state index in [9.17, 15) is 0 Å². The van der Waals surface area contributed by atoms with Crippen LogP contribution in [-0.2, 0) is 4.84 Å². The van der Waals surface area contributed by atoms with Crippen molar-refractivity contribution in [1.29, 1.82) is 0 Å². The zero-order valence-corrected chi connectivity index (χ0v) is 14.9. The molecule has 0 aliphatic carbocycles. The molecule has 2 aromatic rings. The molecule has 0 radical (unpaired) electrons. The molecule has 0 aromatic heterocycles. The Balaban J connectivity index is 0.000000522. The number of benzene rings is 2. The number of hydrogen-bond acceptors (Lipinski definition) is 2. The van der Waals surface area contributed by atoms with Crippen molar-refractivity contribution in [3.8, 4) is 0 Å². The lowest BCUT2D eigenvalue weighted by atomic mass is 9.92. The summed E-state index contributed by atoms with van der Waals surface area (Å²) in [6.07, 6.45) is 1.99. The first-order chi connectivity index (χ1) is 10.7. The van der Waals surface area contributed by atoms with E-state index in [2.05, 4.69) is 65.2 Å². The standard InChI is InChI=1S/C15H14.C4H11N2O.ClH/c1-2-15(13-9-5-3-6-10-13)14-11-7-4-8-12-14;1-4-7-5-6(2)3;/h2-12,15H,1H2;4H2,1-3H3;1H/q;+1;. The molecule has 0 amide bonds. The van der Waals surface area contributed by atoms with Crippen molar-refractivity contribution < 1.29 is 9.53 Å². The fourth-order valence-electron chi connectivity index (χ4n) is 1.96. The summed E-state index contributed by atoms with van der Waals surface area (Å²) in [5.41, 5.74) is 2.58. The Morgan fingerprint density at radius 3 is 1.70 bits per heavy atom. The highest BCUT2D eigenvalue weighted by atomic mass is 35.5. The van der Waals surface area contributed by atoms with Crippen LogP contribution in [0, 0.1) is 0 Å². The molecule has 0 aliphatic heterocycles. The van der Waals surface area contributed by atoms with Crippen molar-refractivity contribution in [3.63, 3.8) is 0 Å². The monoisotopic (exact) mass is 333 g/mol. The summed E-state index contributed by atoms with van der Waals surface area (Å²) in [7, 11) is 3.63. The predicted molar refractivity (Wildman–Crippen MR) is 98.3 cm³/mol. The van der Waals surface area contributed by atoms with Crippen LogP contribution < -0.4 is 0 Å². The van der Waals surface area contributed by atoms with Crippen LogP contribution in [0.5, 0.6) is 0 Å². The molecule has 23 heavy (non-hydrogen) atoms. The number of nitrogens with zero attached hydrogens (tertiary/aromatic N) is 2. The number of allylic oxidation sites excluding steroid dienone is 1. The zero-order valence-electron chi connectivity index (χ0n) is 14.1. The largest absolute Gasteiger partial charge is 0.348 e. The minimum Gasteiger partial charge on any atom is -0.348 e. The van der Waals surface area contributed by atoms with Gasteiger partial charge in [-0.15, -0.1) is 19.0 Å². The van der Waals surface area contributed by atoms with Crippen LogP contribution >= 0.6 is 12.4 Å². The maximum atomic E-state index is 4.65. The molecule has 0 unspecified atom stereocenters. The number of hydrogen-bond donors (Lipinski definition) is 0. The third-order valence-corrected chi connectivity index (χ3v) is 2.90. The van der Waals surface area contributed by atoms with Gasteiger partial charge in [0.1, 0.15) is 6.61 Å². The van der Waals surface area contributed by atoms with E-state index in [1.54, 1.807) is 4.70 Å². The van der Waals surface area contributed by atoms with Crippen LogP contribution in [-0.4, -0.2) is 25.4 Å². The molecule has 0 saturated heterocycles. The highest BCUT2D eigenvalue weighted by Gasteiger charge is 2.08. The Kier molecular flexibility index (Phi) is 11.3. The second kappa shape index (κ2) is 12.4. The average Bonchev–Trinajstić information content (AvgIpc) is 2.56. The van der Waals surface area contributed by atoms with Crippen LogP contribution in [0.4, 0.5) is 0 Å². The van der Waals surface area contributed by atoms with Crippen LogP contribution in [0.15, 0.2) is 78.6 Å². The van der Waals surface area contributed by atoms with Gasteiger partial charge in [-0.3, -0.25) is 0 Å². The molecule has 2 aromatic carbocycles. The van der Waals surface area contributed by atoms with Gasteiger partial charge in [-0.2, -0.15) is 0 Å². The summed E-state index contributed by atoms with van der Waals surface area (Å²) < 4.78 is 1.61. The lowest BCUT2D eigenvalue weighted by Gasteiger charge is -2.12. The molecule has 124 valence electrons. The van der Waals surface area contributed by atoms with Gasteiger partial charge < -0.3 is 4.84 Å². The fraction of sp³-hybridized carbons (Fsp3) is 0.263. The second-order valence-electron chi connectivity index (χ2n) is 4.88. The highest BCUT2D eigenvalue weighted by molar-refractivity contribution is 5.85. The summed E-state index contributed by atoms with van der Waals surface area (Å²) in [5.74, 6) is 0.299. The molecule has 0 bridgehead atoms. The lowest BCUT2D eigenvalue weighted by molar-refractivity contribution is -0.565. The SMILES string of the molecule is C=CC(c1ccccc1)c1ccccc1.CCON=[N+](C)C.Cl. The second-order valence-corrected chi connectivity index (χ2v) is 4.88. The van der Waals surface area contributed by atoms with Gasteiger partial charge in [0.25, 0.3) is 0 Å². The molecule has 0 fully saturated rings. The third-order valence-electron chi connectivity index (χ3n) is 2.90. The van der Waals surface area contributed by atoms with Gasteiger partial charge in [0.15, 0.2) is 19.4 Å². The number of rotatable bonds is 5. The lowest BCUT2D eigenvalue weighted by Crippen LogP contribution is -1.96. The van der Waals surface area contributed by atoms with Crippen molar-refractivity contribution in [2.24, 2.45) is 5.28 Å². The van der Waals surface area contributed by atoms with Crippen molar-refractivity contribution >= 4 is 12.4 Å². The highest BCUT2D eigenvalue weighted by Crippen LogP contribution is 2.24. The van der Waals surface area contributed by atoms with E-state index in [0.717, 1.165) is 0 Å². The average molecular weight is 334 g/mol. The van der Waals surface area contributed by atoms with Crippen LogP contribution in [0.25, 0.3) is 0 Å². The van der Waals surface area contributed by atoms with E-state index < -0.39 is 0 Å². The van der Waals surface area contributed by atoms with E-state index in [1.165, 1.54) is 11.1 Å². The maximum absolute atomic E-state index is 4.65. The van der Waals surface area contributed by atoms with Crippen molar-refractivity contribution in [3.05, 3.63) is 84.4 Å². The molecular weight excluding hydrogens is 308 g/mol. The van der Waals surface area contributed by atoms with Gasteiger partial charge in [0, 0.05) is 5.92 Å². The molecule has 0 spiro atoms. The predicted octanol–water partition coefficient (Wildman–Crippen LogP) is 5.09. The Bertz CT molecular complexity index is 527. The molecule has 0 N–H and O–H groups in total. The molecule has 0 atom stereocenters. The summed E-state index contributed by atoms with van der Waals surface area (Å²) >= 11 is 0. The zero-order chi connectivity index (χ0) is 16.2. The summed E-state index contributed by atoms with van der Waals surface area (Å²) in [5, 5.41) is 3.58. The first-order valence-corrected chi connectivity index (χ1v) is 7.41. The summed E-state index contributed by atoms with van der Waals surface area (Å²) in [6, 6.07) is 20.9. The Hall–Kier alpha value is -2.13. The molecule has 2 rings (SSSR count).